The molecule has 3 rings (SSSR count). The Kier molecular flexibility index (Phi) is 4.51. The van der Waals surface area contributed by atoms with Crippen LogP contribution >= 0.6 is 22.9 Å². The third kappa shape index (κ3) is 3.11. The van der Waals surface area contributed by atoms with Gasteiger partial charge in [-0.25, -0.2) is 10.4 Å². The van der Waals surface area contributed by atoms with E-state index in [0.717, 1.165) is 27.0 Å². The van der Waals surface area contributed by atoms with Gasteiger partial charge in [0.15, 0.2) is 0 Å². The lowest BCUT2D eigenvalue weighted by molar-refractivity contribution is 0.0960. The molecular weight excluding hydrogens is 344 g/mol. The fraction of sp³-hybridized carbons (Fsp3) is 0.118. The number of hydrogen-bond donors (Lipinski definition) is 2. The second kappa shape index (κ2) is 6.59. The van der Waals surface area contributed by atoms with Crippen molar-refractivity contribution in [2.45, 2.75) is 13.8 Å². The van der Waals surface area contributed by atoms with E-state index >= 15 is 0 Å². The lowest BCUT2D eigenvalue weighted by atomic mass is 10.1. The van der Waals surface area contributed by atoms with E-state index in [2.05, 4.69) is 15.5 Å². The quantitative estimate of drug-likeness (QED) is 0.550. The molecule has 0 aliphatic rings. The van der Waals surface area contributed by atoms with Gasteiger partial charge in [0.2, 0.25) is 0 Å². The molecule has 0 fully saturated rings. The van der Waals surface area contributed by atoms with Crippen LogP contribution < -0.4 is 11.2 Å². The number of aromatic nitrogens is 1. The van der Waals surface area contributed by atoms with Gasteiger partial charge in [0.05, 0.1) is 11.9 Å². The number of hydrazone groups is 1. The van der Waals surface area contributed by atoms with Crippen molar-refractivity contribution >= 4 is 51.0 Å². The minimum atomic E-state index is -0.365. The maximum atomic E-state index is 12.4. The summed E-state index contributed by atoms with van der Waals surface area (Å²) in [7, 11) is 0. The molecule has 0 saturated heterocycles. The number of carbonyl (C=O) groups excluding carboxylic acids is 1. The van der Waals surface area contributed by atoms with Crippen molar-refractivity contribution in [2.75, 3.05) is 5.73 Å². The number of halogens is 1. The summed E-state index contributed by atoms with van der Waals surface area (Å²) in [5, 5.41) is 5.34. The molecular formula is C17H15ClN4OS. The van der Waals surface area contributed by atoms with Crippen molar-refractivity contribution in [1.82, 2.24) is 10.4 Å². The normalized spacial score (nSPS) is 11.3. The monoisotopic (exact) mass is 358 g/mol. The van der Waals surface area contributed by atoms with E-state index in [1.807, 2.05) is 38.1 Å². The Morgan fingerprint density at radius 2 is 2.12 bits per heavy atom. The van der Waals surface area contributed by atoms with Crippen molar-refractivity contribution in [3.8, 4) is 0 Å². The lowest BCUT2D eigenvalue weighted by Crippen LogP contribution is -2.17. The SMILES string of the molecule is Cc1cc(C)c2c(N)c(C(=O)N/N=C/c3ccccc3Cl)sc2n1. The molecule has 24 heavy (non-hydrogen) atoms. The number of carbonyl (C=O) groups is 1. The molecule has 2 heterocycles. The summed E-state index contributed by atoms with van der Waals surface area (Å²) < 4.78 is 0. The standard InChI is InChI=1S/C17H15ClN4OS/c1-9-7-10(2)21-17-13(9)14(19)15(24-17)16(23)22-20-8-11-5-3-4-6-12(11)18/h3-8H,19H2,1-2H3,(H,22,23)/b20-8+. The molecule has 3 aromatic rings. The first-order valence-electron chi connectivity index (χ1n) is 7.21. The molecule has 0 bridgehead atoms. The first-order chi connectivity index (χ1) is 11.5. The summed E-state index contributed by atoms with van der Waals surface area (Å²) in [6, 6.07) is 9.18. The number of benzene rings is 1. The first kappa shape index (κ1) is 16.4. The van der Waals surface area contributed by atoms with E-state index < -0.39 is 0 Å². The van der Waals surface area contributed by atoms with Gasteiger partial charge in [0.1, 0.15) is 9.71 Å². The second-order valence-corrected chi connectivity index (χ2v) is 6.73. The molecule has 0 spiro atoms. The molecule has 2 aromatic heterocycles. The molecule has 1 aromatic carbocycles. The van der Waals surface area contributed by atoms with Crippen molar-refractivity contribution in [3.05, 3.63) is 57.1 Å². The Bertz CT molecular complexity index is 965. The van der Waals surface area contributed by atoms with Crippen LogP contribution in [0.1, 0.15) is 26.5 Å². The average molecular weight is 359 g/mol. The van der Waals surface area contributed by atoms with Crippen LogP contribution in [0.25, 0.3) is 10.2 Å². The Morgan fingerprint density at radius 3 is 2.88 bits per heavy atom. The lowest BCUT2D eigenvalue weighted by Gasteiger charge is -2.00. The third-order valence-corrected chi connectivity index (χ3v) is 4.95. The fourth-order valence-electron chi connectivity index (χ4n) is 2.43. The number of nitrogens with one attached hydrogen (secondary N) is 1. The molecule has 5 nitrogen and oxygen atoms in total. The van der Waals surface area contributed by atoms with Crippen LogP contribution in [-0.4, -0.2) is 17.1 Å². The summed E-state index contributed by atoms with van der Waals surface area (Å²) in [6.45, 7) is 3.87. The number of rotatable bonds is 3. The third-order valence-electron chi connectivity index (χ3n) is 3.51. The number of fused-ring (bicyclic) bond motifs is 1. The number of pyridine rings is 1. The number of nitrogen functional groups attached to an aromatic ring is 1. The topological polar surface area (TPSA) is 80.4 Å². The summed E-state index contributed by atoms with van der Waals surface area (Å²) in [4.78, 5) is 18.0. The van der Waals surface area contributed by atoms with Crippen LogP contribution in [0.4, 0.5) is 5.69 Å². The highest BCUT2D eigenvalue weighted by Gasteiger charge is 2.18. The molecule has 0 atom stereocenters. The summed E-state index contributed by atoms with van der Waals surface area (Å²) >= 11 is 7.30. The molecule has 0 aliphatic heterocycles. The predicted octanol–water partition coefficient (Wildman–Crippen LogP) is 3.91. The first-order valence-corrected chi connectivity index (χ1v) is 8.41. The maximum Gasteiger partial charge on any atom is 0.283 e. The Labute approximate surface area is 148 Å². The number of nitrogens with zero attached hydrogens (tertiary/aromatic N) is 2. The minimum Gasteiger partial charge on any atom is -0.397 e. The largest absolute Gasteiger partial charge is 0.397 e. The number of aryl methyl sites for hydroxylation is 2. The van der Waals surface area contributed by atoms with E-state index in [0.29, 0.717) is 15.6 Å². The average Bonchev–Trinajstić information content (AvgIpc) is 2.86. The van der Waals surface area contributed by atoms with Crippen molar-refractivity contribution in [1.29, 1.82) is 0 Å². The zero-order valence-electron chi connectivity index (χ0n) is 13.1. The molecule has 0 aliphatic carbocycles. The van der Waals surface area contributed by atoms with Gasteiger partial charge in [-0.1, -0.05) is 29.8 Å². The highest BCUT2D eigenvalue weighted by Crippen LogP contribution is 2.34. The van der Waals surface area contributed by atoms with Crippen LogP contribution in [-0.2, 0) is 0 Å². The van der Waals surface area contributed by atoms with Gasteiger partial charge in [-0.2, -0.15) is 5.10 Å². The predicted molar refractivity (Wildman–Crippen MR) is 100 cm³/mol. The van der Waals surface area contributed by atoms with Gasteiger partial charge in [-0.15, -0.1) is 11.3 Å². The van der Waals surface area contributed by atoms with E-state index in [1.165, 1.54) is 17.6 Å². The second-order valence-electron chi connectivity index (χ2n) is 5.33. The number of thiophene rings is 1. The van der Waals surface area contributed by atoms with Crippen LogP contribution in [0, 0.1) is 13.8 Å². The van der Waals surface area contributed by atoms with Crippen LogP contribution in [0.3, 0.4) is 0 Å². The summed E-state index contributed by atoms with van der Waals surface area (Å²) in [6.07, 6.45) is 1.50. The van der Waals surface area contributed by atoms with Crippen molar-refractivity contribution in [2.24, 2.45) is 5.10 Å². The number of anilines is 1. The van der Waals surface area contributed by atoms with Crippen LogP contribution in [0.15, 0.2) is 35.4 Å². The van der Waals surface area contributed by atoms with Crippen molar-refractivity contribution in [3.63, 3.8) is 0 Å². The highest BCUT2D eigenvalue weighted by molar-refractivity contribution is 7.21. The molecule has 0 saturated carbocycles. The van der Waals surface area contributed by atoms with Gasteiger partial charge < -0.3 is 5.73 Å². The van der Waals surface area contributed by atoms with Gasteiger partial charge in [-0.3, -0.25) is 4.79 Å². The number of nitrogens with two attached hydrogens (primary N) is 1. The smallest absolute Gasteiger partial charge is 0.283 e. The molecule has 1 amide bonds. The van der Waals surface area contributed by atoms with E-state index in [4.69, 9.17) is 17.3 Å². The number of hydrogen-bond acceptors (Lipinski definition) is 5. The van der Waals surface area contributed by atoms with Gasteiger partial charge in [0.25, 0.3) is 5.91 Å². The summed E-state index contributed by atoms with van der Waals surface area (Å²) in [5.74, 6) is -0.365. The molecule has 122 valence electrons. The molecule has 3 N–H and O–H groups in total. The van der Waals surface area contributed by atoms with E-state index in [-0.39, 0.29) is 5.91 Å². The Morgan fingerprint density at radius 1 is 1.38 bits per heavy atom. The summed E-state index contributed by atoms with van der Waals surface area (Å²) in [5.41, 5.74) is 11.7. The highest BCUT2D eigenvalue weighted by atomic mass is 35.5. The zero-order valence-corrected chi connectivity index (χ0v) is 14.7. The van der Waals surface area contributed by atoms with Crippen molar-refractivity contribution < 1.29 is 4.79 Å². The van der Waals surface area contributed by atoms with E-state index in [1.54, 1.807) is 6.07 Å². The van der Waals surface area contributed by atoms with Gasteiger partial charge in [0, 0.05) is 21.7 Å². The van der Waals surface area contributed by atoms with Crippen LogP contribution in [0.2, 0.25) is 5.02 Å². The zero-order chi connectivity index (χ0) is 17.3. The van der Waals surface area contributed by atoms with E-state index in [9.17, 15) is 4.79 Å². The maximum absolute atomic E-state index is 12.4. The minimum absolute atomic E-state index is 0.365. The molecule has 0 radical (unpaired) electrons. The Balaban J connectivity index is 1.86. The van der Waals surface area contributed by atoms with Gasteiger partial charge >= 0.3 is 0 Å². The Hall–Kier alpha value is -2.44. The molecule has 7 heteroatoms. The van der Waals surface area contributed by atoms with Crippen LogP contribution in [0.5, 0.6) is 0 Å². The number of amides is 1. The molecule has 0 unspecified atom stereocenters. The van der Waals surface area contributed by atoms with Gasteiger partial charge in [-0.05, 0) is 31.5 Å². The fourth-order valence-corrected chi connectivity index (χ4v) is 3.72.